The van der Waals surface area contributed by atoms with Crippen molar-refractivity contribution in [2.75, 3.05) is 7.11 Å². The Bertz CT molecular complexity index is 375. The fourth-order valence-electron chi connectivity index (χ4n) is 1.37. The third-order valence-electron chi connectivity index (χ3n) is 2.21. The van der Waals surface area contributed by atoms with Crippen molar-refractivity contribution in [1.29, 1.82) is 0 Å². The molecule has 0 aliphatic rings. The number of ketones is 1. The van der Waals surface area contributed by atoms with Crippen LogP contribution in [0.3, 0.4) is 0 Å². The molecule has 0 aromatic heterocycles. The minimum absolute atomic E-state index is 0.284. The Kier molecular flexibility index (Phi) is 3.15. The normalized spacial score (nSPS) is 11.3. The maximum Gasteiger partial charge on any atom is 0.193 e. The van der Waals surface area contributed by atoms with Crippen LogP contribution in [-0.4, -0.2) is 23.6 Å². The molecule has 82 valence electrons. The summed E-state index contributed by atoms with van der Waals surface area (Å²) in [7, 11) is 1.58. The molecule has 0 saturated carbocycles. The highest BCUT2D eigenvalue weighted by Crippen LogP contribution is 2.21. The maximum atomic E-state index is 11.7. The van der Waals surface area contributed by atoms with E-state index in [9.17, 15) is 9.90 Å². The Labute approximate surface area is 89.7 Å². The van der Waals surface area contributed by atoms with Crippen LogP contribution < -0.4 is 4.74 Å². The van der Waals surface area contributed by atoms with Gasteiger partial charge < -0.3 is 9.84 Å². The van der Waals surface area contributed by atoms with Crippen LogP contribution in [0.2, 0.25) is 0 Å². The molecule has 0 heterocycles. The first-order valence-electron chi connectivity index (χ1n) is 4.78. The molecule has 1 aromatic carbocycles. The SMILES string of the molecule is COc1ccc(C(=O)C(C)(C)O)cc1C. The van der Waals surface area contributed by atoms with Crippen LogP contribution >= 0.6 is 0 Å². The van der Waals surface area contributed by atoms with Gasteiger partial charge in [0, 0.05) is 5.56 Å². The van der Waals surface area contributed by atoms with Crippen molar-refractivity contribution in [3.8, 4) is 5.75 Å². The number of carbonyl (C=O) groups is 1. The van der Waals surface area contributed by atoms with Gasteiger partial charge in [0.05, 0.1) is 7.11 Å². The Morgan fingerprint density at radius 3 is 2.40 bits per heavy atom. The minimum Gasteiger partial charge on any atom is -0.496 e. The summed E-state index contributed by atoms with van der Waals surface area (Å²) in [5, 5.41) is 9.58. The van der Waals surface area contributed by atoms with Crippen LogP contribution in [0.1, 0.15) is 29.8 Å². The lowest BCUT2D eigenvalue weighted by Gasteiger charge is -2.16. The molecular weight excluding hydrogens is 192 g/mol. The number of hydrogen-bond donors (Lipinski definition) is 1. The number of benzene rings is 1. The van der Waals surface area contributed by atoms with Crippen molar-refractivity contribution in [2.24, 2.45) is 0 Å². The van der Waals surface area contributed by atoms with E-state index in [0.717, 1.165) is 11.3 Å². The fraction of sp³-hybridized carbons (Fsp3) is 0.417. The van der Waals surface area contributed by atoms with E-state index in [2.05, 4.69) is 0 Å². The van der Waals surface area contributed by atoms with Gasteiger partial charge in [-0.2, -0.15) is 0 Å². The summed E-state index contributed by atoms with van der Waals surface area (Å²) in [6.45, 7) is 4.82. The number of ether oxygens (including phenoxy) is 1. The summed E-state index contributed by atoms with van der Waals surface area (Å²) in [5.41, 5.74) is 0.0505. The molecule has 0 radical (unpaired) electrons. The zero-order valence-electron chi connectivity index (χ0n) is 9.50. The van der Waals surface area contributed by atoms with E-state index < -0.39 is 5.60 Å². The number of hydrogen-bond acceptors (Lipinski definition) is 3. The third-order valence-corrected chi connectivity index (χ3v) is 2.21. The van der Waals surface area contributed by atoms with Gasteiger partial charge in [-0.05, 0) is 44.5 Å². The minimum atomic E-state index is -1.33. The number of rotatable bonds is 3. The van der Waals surface area contributed by atoms with E-state index in [0.29, 0.717) is 5.56 Å². The molecule has 3 heteroatoms. The topological polar surface area (TPSA) is 46.5 Å². The molecule has 1 rings (SSSR count). The highest BCUT2D eigenvalue weighted by Gasteiger charge is 2.25. The van der Waals surface area contributed by atoms with Gasteiger partial charge in [-0.1, -0.05) is 0 Å². The summed E-state index contributed by atoms with van der Waals surface area (Å²) >= 11 is 0. The second-order valence-electron chi connectivity index (χ2n) is 4.07. The molecule has 0 unspecified atom stereocenters. The summed E-state index contributed by atoms with van der Waals surface area (Å²) in [6, 6.07) is 5.11. The maximum absolute atomic E-state index is 11.7. The van der Waals surface area contributed by atoms with Crippen molar-refractivity contribution in [2.45, 2.75) is 26.4 Å². The Morgan fingerprint density at radius 2 is 2.00 bits per heavy atom. The Balaban J connectivity index is 3.08. The van der Waals surface area contributed by atoms with Gasteiger partial charge in [0.1, 0.15) is 11.4 Å². The zero-order chi connectivity index (χ0) is 11.6. The first-order valence-corrected chi connectivity index (χ1v) is 4.78. The van der Waals surface area contributed by atoms with Crippen molar-refractivity contribution in [1.82, 2.24) is 0 Å². The monoisotopic (exact) mass is 208 g/mol. The quantitative estimate of drug-likeness (QED) is 0.772. The van der Waals surface area contributed by atoms with Gasteiger partial charge in [0.25, 0.3) is 0 Å². The van der Waals surface area contributed by atoms with E-state index in [1.807, 2.05) is 6.92 Å². The van der Waals surface area contributed by atoms with Gasteiger partial charge in [-0.15, -0.1) is 0 Å². The fourth-order valence-corrected chi connectivity index (χ4v) is 1.37. The van der Waals surface area contributed by atoms with E-state index in [1.165, 1.54) is 13.8 Å². The molecule has 1 aromatic rings. The molecule has 0 saturated heterocycles. The molecule has 0 aliphatic heterocycles. The van der Waals surface area contributed by atoms with Gasteiger partial charge >= 0.3 is 0 Å². The van der Waals surface area contributed by atoms with Crippen molar-refractivity contribution < 1.29 is 14.6 Å². The summed E-state index contributed by atoms with van der Waals surface area (Å²) in [5.74, 6) is 0.454. The summed E-state index contributed by atoms with van der Waals surface area (Å²) in [6.07, 6.45) is 0. The molecule has 0 bridgehead atoms. The van der Waals surface area contributed by atoms with Crippen LogP contribution in [0.5, 0.6) is 5.75 Å². The van der Waals surface area contributed by atoms with E-state index in [1.54, 1.807) is 25.3 Å². The smallest absolute Gasteiger partial charge is 0.193 e. The predicted molar refractivity (Wildman–Crippen MR) is 58.4 cm³/mol. The number of aliphatic hydroxyl groups is 1. The molecule has 0 spiro atoms. The molecule has 0 fully saturated rings. The number of methoxy groups -OCH3 is 1. The highest BCUT2D eigenvalue weighted by atomic mass is 16.5. The molecule has 15 heavy (non-hydrogen) atoms. The molecule has 1 N–H and O–H groups in total. The molecular formula is C12H16O3. The standard InChI is InChI=1S/C12H16O3/c1-8-7-9(5-6-10(8)15-4)11(13)12(2,3)14/h5-7,14H,1-4H3. The van der Waals surface area contributed by atoms with Crippen LogP contribution in [0.25, 0.3) is 0 Å². The van der Waals surface area contributed by atoms with E-state index in [4.69, 9.17) is 4.74 Å². The van der Waals surface area contributed by atoms with Crippen molar-refractivity contribution in [3.63, 3.8) is 0 Å². The average molecular weight is 208 g/mol. The van der Waals surface area contributed by atoms with E-state index in [-0.39, 0.29) is 5.78 Å². The molecule has 0 amide bonds. The molecule has 3 nitrogen and oxygen atoms in total. The van der Waals surface area contributed by atoms with Gasteiger partial charge in [-0.3, -0.25) is 4.79 Å². The number of aryl methyl sites for hydroxylation is 1. The lowest BCUT2D eigenvalue weighted by molar-refractivity contribution is 0.0488. The number of carbonyl (C=O) groups excluding carboxylic acids is 1. The largest absolute Gasteiger partial charge is 0.496 e. The summed E-state index contributed by atoms with van der Waals surface area (Å²) < 4.78 is 5.09. The summed E-state index contributed by atoms with van der Waals surface area (Å²) in [4.78, 5) is 11.7. The molecule has 0 atom stereocenters. The van der Waals surface area contributed by atoms with Crippen molar-refractivity contribution in [3.05, 3.63) is 29.3 Å². The highest BCUT2D eigenvalue weighted by molar-refractivity contribution is 6.02. The number of Topliss-reactive ketones (excluding diaryl/α,β-unsaturated/α-hetero) is 1. The van der Waals surface area contributed by atoms with Crippen LogP contribution in [0.15, 0.2) is 18.2 Å². The second-order valence-corrected chi connectivity index (χ2v) is 4.07. The first-order chi connectivity index (χ1) is 6.86. The predicted octanol–water partition coefficient (Wildman–Crippen LogP) is 1.96. The van der Waals surface area contributed by atoms with Gasteiger partial charge in [-0.25, -0.2) is 0 Å². The van der Waals surface area contributed by atoms with Crippen LogP contribution in [-0.2, 0) is 0 Å². The van der Waals surface area contributed by atoms with Crippen LogP contribution in [0, 0.1) is 6.92 Å². The Hall–Kier alpha value is -1.35. The van der Waals surface area contributed by atoms with Gasteiger partial charge in [0.2, 0.25) is 0 Å². The van der Waals surface area contributed by atoms with Crippen LogP contribution in [0.4, 0.5) is 0 Å². The van der Waals surface area contributed by atoms with E-state index >= 15 is 0 Å². The first kappa shape index (κ1) is 11.7. The van der Waals surface area contributed by atoms with Crippen molar-refractivity contribution >= 4 is 5.78 Å². The third kappa shape index (κ3) is 2.57. The van der Waals surface area contributed by atoms with Gasteiger partial charge in [0.15, 0.2) is 5.78 Å². The lowest BCUT2D eigenvalue weighted by Crippen LogP contribution is -2.31. The second kappa shape index (κ2) is 4.03. The lowest BCUT2D eigenvalue weighted by atomic mass is 9.95. The average Bonchev–Trinajstić information content (AvgIpc) is 2.15. The Morgan fingerprint density at radius 1 is 1.40 bits per heavy atom. The molecule has 0 aliphatic carbocycles. The zero-order valence-corrected chi connectivity index (χ0v) is 9.50.